The summed E-state index contributed by atoms with van der Waals surface area (Å²) in [7, 11) is 0. The van der Waals surface area contributed by atoms with Gasteiger partial charge in [0.25, 0.3) is 0 Å². The molecule has 93 heavy (non-hydrogen) atoms. The topological polar surface area (TPSA) is 228 Å². The molecular formula is C79H131NO13. The summed E-state index contributed by atoms with van der Waals surface area (Å²) in [6.45, 7) is 2.66. The molecule has 0 aliphatic carbocycles. The van der Waals surface area contributed by atoms with Gasteiger partial charge < -0.3 is 65.1 Å². The lowest BCUT2D eigenvalue weighted by atomic mass is 9.97. The van der Waals surface area contributed by atoms with Crippen LogP contribution >= 0.6 is 0 Å². The predicted molar refractivity (Wildman–Crippen MR) is 382 cm³/mol. The van der Waals surface area contributed by atoms with Crippen molar-refractivity contribution in [3.63, 3.8) is 0 Å². The fourth-order valence-corrected chi connectivity index (χ4v) is 11.0. The molecule has 2 aliphatic rings. The van der Waals surface area contributed by atoms with E-state index in [1.807, 2.05) is 6.08 Å². The second kappa shape index (κ2) is 61.5. The number of aliphatic hydroxyl groups excluding tert-OH is 8. The maximum Gasteiger partial charge on any atom is 0.220 e. The minimum absolute atomic E-state index is 0.234. The Morgan fingerprint density at radius 3 is 1.18 bits per heavy atom. The van der Waals surface area contributed by atoms with Gasteiger partial charge in [-0.1, -0.05) is 282 Å². The molecule has 2 heterocycles. The largest absolute Gasteiger partial charge is 0.394 e. The van der Waals surface area contributed by atoms with Gasteiger partial charge >= 0.3 is 0 Å². The van der Waals surface area contributed by atoms with Crippen molar-refractivity contribution in [3.8, 4) is 0 Å². The Balaban J connectivity index is 1.71. The molecule has 0 aromatic heterocycles. The van der Waals surface area contributed by atoms with E-state index in [0.29, 0.717) is 12.8 Å². The van der Waals surface area contributed by atoms with Crippen LogP contribution in [0.3, 0.4) is 0 Å². The van der Waals surface area contributed by atoms with E-state index in [2.05, 4.69) is 153 Å². The van der Waals surface area contributed by atoms with Crippen LogP contribution in [-0.2, 0) is 23.7 Å². The van der Waals surface area contributed by atoms with Crippen molar-refractivity contribution < 1.29 is 64.6 Å². The number of rotatable bonds is 58. The first kappa shape index (κ1) is 85.0. The summed E-state index contributed by atoms with van der Waals surface area (Å²) in [5.74, 6) is -0.278. The van der Waals surface area contributed by atoms with E-state index < -0.39 is 86.8 Å². The van der Waals surface area contributed by atoms with Crippen molar-refractivity contribution in [1.82, 2.24) is 5.32 Å². The summed E-state index contributed by atoms with van der Waals surface area (Å²) in [4.78, 5) is 13.3. The number of unbranched alkanes of at least 4 members (excludes halogenated alkanes) is 23. The molecule has 1 amide bonds. The molecule has 12 atom stereocenters. The van der Waals surface area contributed by atoms with Crippen LogP contribution in [0.5, 0.6) is 0 Å². The van der Waals surface area contributed by atoms with Crippen molar-refractivity contribution in [1.29, 1.82) is 0 Å². The van der Waals surface area contributed by atoms with Gasteiger partial charge in [0.2, 0.25) is 5.91 Å². The highest BCUT2D eigenvalue weighted by atomic mass is 16.7. The molecule has 14 heteroatoms. The number of allylic oxidation sites excluding steroid dienone is 23. The van der Waals surface area contributed by atoms with Crippen LogP contribution in [0.15, 0.2) is 146 Å². The highest BCUT2D eigenvalue weighted by molar-refractivity contribution is 5.76. The van der Waals surface area contributed by atoms with Crippen LogP contribution in [0.2, 0.25) is 0 Å². The summed E-state index contributed by atoms with van der Waals surface area (Å²) in [6.07, 6.45) is 76.1. The number of hydrogen-bond acceptors (Lipinski definition) is 13. The maximum absolute atomic E-state index is 13.3. The Hall–Kier alpha value is -4.13. The second-order valence-corrected chi connectivity index (χ2v) is 25.0. The number of ether oxygens (including phenoxy) is 4. The van der Waals surface area contributed by atoms with E-state index in [4.69, 9.17) is 18.9 Å². The maximum atomic E-state index is 13.3. The molecule has 0 radical (unpaired) electrons. The highest BCUT2D eigenvalue weighted by Crippen LogP contribution is 2.30. The van der Waals surface area contributed by atoms with Crippen LogP contribution in [0.1, 0.15) is 251 Å². The average molecular weight is 1300 g/mol. The first-order chi connectivity index (χ1) is 45.6. The van der Waals surface area contributed by atoms with E-state index in [0.717, 1.165) is 103 Å². The molecule has 14 nitrogen and oxygen atoms in total. The normalized spacial score (nSPS) is 23.5. The Morgan fingerprint density at radius 1 is 0.398 bits per heavy atom. The van der Waals surface area contributed by atoms with Crippen molar-refractivity contribution in [2.24, 2.45) is 0 Å². The zero-order chi connectivity index (χ0) is 67.3. The molecule has 12 unspecified atom stereocenters. The minimum Gasteiger partial charge on any atom is -0.394 e. The van der Waals surface area contributed by atoms with E-state index in [-0.39, 0.29) is 18.9 Å². The van der Waals surface area contributed by atoms with Crippen LogP contribution in [0, 0.1) is 0 Å². The third-order valence-electron chi connectivity index (χ3n) is 16.8. The molecule has 0 bridgehead atoms. The summed E-state index contributed by atoms with van der Waals surface area (Å²) in [5, 5.41) is 87.5. The van der Waals surface area contributed by atoms with Crippen molar-refractivity contribution in [3.05, 3.63) is 146 Å². The Bertz CT molecular complexity index is 2120. The number of carbonyl (C=O) groups is 1. The number of carbonyl (C=O) groups excluding carboxylic acids is 1. The molecule has 2 rings (SSSR count). The molecule has 0 aromatic rings. The monoisotopic (exact) mass is 1300 g/mol. The van der Waals surface area contributed by atoms with E-state index in [1.54, 1.807) is 6.08 Å². The number of amides is 1. The third-order valence-corrected chi connectivity index (χ3v) is 16.8. The molecule has 0 spiro atoms. The van der Waals surface area contributed by atoms with Crippen LogP contribution in [-0.4, -0.2) is 140 Å². The molecule has 0 saturated carbocycles. The van der Waals surface area contributed by atoms with Gasteiger partial charge in [0.05, 0.1) is 32.0 Å². The Labute approximate surface area is 563 Å². The van der Waals surface area contributed by atoms with Gasteiger partial charge in [0.1, 0.15) is 48.8 Å². The lowest BCUT2D eigenvalue weighted by molar-refractivity contribution is -0.359. The van der Waals surface area contributed by atoms with Crippen LogP contribution in [0.25, 0.3) is 0 Å². The lowest BCUT2D eigenvalue weighted by Gasteiger charge is -2.46. The predicted octanol–water partition coefficient (Wildman–Crippen LogP) is 15.6. The second-order valence-electron chi connectivity index (χ2n) is 25.0. The summed E-state index contributed by atoms with van der Waals surface area (Å²) >= 11 is 0. The van der Waals surface area contributed by atoms with Crippen LogP contribution in [0.4, 0.5) is 0 Å². The minimum atomic E-state index is -1.80. The van der Waals surface area contributed by atoms with Crippen molar-refractivity contribution >= 4 is 5.91 Å². The summed E-state index contributed by atoms with van der Waals surface area (Å²) < 4.78 is 22.8. The molecule has 530 valence electrons. The molecule has 0 aromatic carbocycles. The zero-order valence-electron chi connectivity index (χ0n) is 57.7. The van der Waals surface area contributed by atoms with Crippen LogP contribution < -0.4 is 5.32 Å². The molecule has 2 fully saturated rings. The van der Waals surface area contributed by atoms with Gasteiger partial charge in [-0.05, 0) is 109 Å². The standard InChI is InChI=1S/C79H131NO13/c1-3-5-7-9-11-13-15-17-19-21-23-25-27-29-30-31-32-33-34-35-36-37-38-39-41-43-45-47-49-51-53-55-57-59-61-63-71(84)80-67(66-90-78-76(89)74(87)77(70(65-82)92-78)93-79-75(88)73(86)72(85)69(64-81)91-79)68(83)62-60-58-56-54-52-50-48-46-44-42-40-28-26-24-22-20-18-16-14-12-10-8-6-4-2/h5,7,11,13,17,19,23,25,29-30,32-33,35-36,38-39,43,45,49,51-52,54,60,62,67-70,72-79,81-83,85-89H,3-4,6,8-10,12,14-16,18,20-22,24,26-28,31,34,37,40-42,44,46-48,50,53,55-59,61,63-66H2,1-2H3,(H,80,84)/b7-5-,13-11-,19-17-,25-23-,30-29-,33-32-,36-35-,39-38-,45-43-,51-49-,54-52+,62-60+. The van der Waals surface area contributed by atoms with Gasteiger partial charge in [-0.25, -0.2) is 0 Å². The van der Waals surface area contributed by atoms with E-state index >= 15 is 0 Å². The smallest absolute Gasteiger partial charge is 0.220 e. The summed E-state index contributed by atoms with van der Waals surface area (Å²) in [6, 6.07) is -0.958. The fourth-order valence-electron chi connectivity index (χ4n) is 11.0. The zero-order valence-corrected chi connectivity index (χ0v) is 57.7. The first-order valence-electron chi connectivity index (χ1n) is 36.6. The number of hydrogen-bond donors (Lipinski definition) is 9. The number of aliphatic hydroxyl groups is 8. The lowest BCUT2D eigenvalue weighted by Crippen LogP contribution is -2.65. The van der Waals surface area contributed by atoms with Gasteiger partial charge in [0.15, 0.2) is 12.6 Å². The van der Waals surface area contributed by atoms with Gasteiger partial charge in [0, 0.05) is 6.42 Å². The SMILES string of the molecule is CC/C=C\C/C=C\C/C=C\C/C=C\C/C=C\C/C=C\C/C=C\C/C=C\C/C=C\C/C=C\CCCCCCC(=O)NC(COC1OC(CO)C(OC2OC(CO)C(O)C(O)C2O)C(O)C1O)C(O)/C=C/CC/C=C/CCCCCCCCCCCCCCCCCCCC. The molecule has 2 saturated heterocycles. The highest BCUT2D eigenvalue weighted by Gasteiger charge is 2.51. The molecular weight excluding hydrogens is 1170 g/mol. The molecule has 9 N–H and O–H groups in total. The fraction of sp³-hybridized carbons (Fsp3) is 0.684. The van der Waals surface area contributed by atoms with E-state index in [9.17, 15) is 45.6 Å². The van der Waals surface area contributed by atoms with Gasteiger partial charge in [-0.3, -0.25) is 4.79 Å². The van der Waals surface area contributed by atoms with Crippen molar-refractivity contribution in [2.75, 3.05) is 19.8 Å². The van der Waals surface area contributed by atoms with Crippen molar-refractivity contribution in [2.45, 2.75) is 325 Å². The quantitative estimate of drug-likeness (QED) is 0.0204. The first-order valence-corrected chi connectivity index (χ1v) is 36.6. The Morgan fingerprint density at radius 2 is 0.753 bits per heavy atom. The third kappa shape index (κ3) is 45.1. The van der Waals surface area contributed by atoms with Gasteiger partial charge in [-0.15, -0.1) is 0 Å². The van der Waals surface area contributed by atoms with Gasteiger partial charge in [-0.2, -0.15) is 0 Å². The molecule has 2 aliphatic heterocycles. The Kier molecular flexibility index (Phi) is 56.1. The average Bonchev–Trinajstić information content (AvgIpc) is 0.854. The van der Waals surface area contributed by atoms with E-state index in [1.165, 1.54) is 116 Å². The number of nitrogens with one attached hydrogen (secondary N) is 1. The summed E-state index contributed by atoms with van der Waals surface area (Å²) in [5.41, 5.74) is 0.